The van der Waals surface area contributed by atoms with E-state index in [-0.39, 0.29) is 0 Å². The molecule has 0 aliphatic rings. The maximum absolute atomic E-state index is 3.31. The quantitative estimate of drug-likeness (QED) is 0.734. The topological polar surface area (TPSA) is 27.8 Å². The summed E-state index contributed by atoms with van der Waals surface area (Å²) in [4.78, 5) is 3.18. The molecule has 2 N–H and O–H groups in total. The van der Waals surface area contributed by atoms with Gasteiger partial charge in [-0.1, -0.05) is 13.0 Å². The fourth-order valence-corrected chi connectivity index (χ4v) is 1.48. The summed E-state index contributed by atoms with van der Waals surface area (Å²) in [5, 5.41) is 4.60. The van der Waals surface area contributed by atoms with Crippen LogP contribution in [0.15, 0.2) is 30.5 Å². The van der Waals surface area contributed by atoms with Crippen LogP contribution in [0.25, 0.3) is 10.9 Å². The molecular weight excluding hydrogens is 160 g/mol. The van der Waals surface area contributed by atoms with Crippen molar-refractivity contribution in [3.05, 3.63) is 36.0 Å². The van der Waals surface area contributed by atoms with Gasteiger partial charge in [0.05, 0.1) is 0 Å². The predicted octanol–water partition coefficient (Wildman–Crippen LogP) is 2.28. The number of aromatic amines is 1. The molecule has 2 heteroatoms. The number of hydrogen-bond donors (Lipinski definition) is 2. The van der Waals surface area contributed by atoms with E-state index in [0.717, 1.165) is 13.1 Å². The fourth-order valence-electron chi connectivity index (χ4n) is 1.48. The molecule has 1 aromatic heterocycles. The van der Waals surface area contributed by atoms with Crippen LogP contribution >= 0.6 is 0 Å². The molecule has 13 heavy (non-hydrogen) atoms. The number of aromatic nitrogens is 1. The maximum Gasteiger partial charge on any atom is 0.0454 e. The van der Waals surface area contributed by atoms with Gasteiger partial charge in [0, 0.05) is 18.3 Å². The van der Waals surface area contributed by atoms with Gasteiger partial charge in [0.15, 0.2) is 0 Å². The molecule has 0 fully saturated rings. The molecular formula is C11H14N2. The van der Waals surface area contributed by atoms with Crippen LogP contribution in [0.2, 0.25) is 0 Å². The first-order valence-corrected chi connectivity index (χ1v) is 4.67. The number of hydrogen-bond acceptors (Lipinski definition) is 1. The van der Waals surface area contributed by atoms with Gasteiger partial charge in [-0.3, -0.25) is 0 Å². The Morgan fingerprint density at radius 3 is 3.08 bits per heavy atom. The fraction of sp³-hybridized carbons (Fsp3) is 0.273. The zero-order valence-electron chi connectivity index (χ0n) is 7.80. The molecule has 0 unspecified atom stereocenters. The standard InChI is InChI=1S/C11H14N2/c1-2-12-8-9-3-4-11-10(7-9)5-6-13-11/h3-7,12-13H,2,8H2,1H3. The summed E-state index contributed by atoms with van der Waals surface area (Å²) in [6.07, 6.45) is 1.97. The molecule has 0 atom stereocenters. The van der Waals surface area contributed by atoms with Gasteiger partial charge < -0.3 is 10.3 Å². The van der Waals surface area contributed by atoms with Gasteiger partial charge in [-0.25, -0.2) is 0 Å². The van der Waals surface area contributed by atoms with E-state index in [9.17, 15) is 0 Å². The minimum atomic E-state index is 0.956. The van der Waals surface area contributed by atoms with Crippen LogP contribution in [0.3, 0.4) is 0 Å². The van der Waals surface area contributed by atoms with Gasteiger partial charge in [-0.2, -0.15) is 0 Å². The summed E-state index contributed by atoms with van der Waals surface area (Å²) in [5.74, 6) is 0. The summed E-state index contributed by atoms with van der Waals surface area (Å²) in [6.45, 7) is 4.09. The van der Waals surface area contributed by atoms with Crippen molar-refractivity contribution in [1.82, 2.24) is 10.3 Å². The van der Waals surface area contributed by atoms with Gasteiger partial charge in [0.25, 0.3) is 0 Å². The molecule has 2 rings (SSSR count). The first-order chi connectivity index (χ1) is 6.40. The van der Waals surface area contributed by atoms with Crippen molar-refractivity contribution in [1.29, 1.82) is 0 Å². The Morgan fingerprint density at radius 1 is 1.31 bits per heavy atom. The molecule has 1 aromatic carbocycles. The Hall–Kier alpha value is -1.28. The first kappa shape index (κ1) is 8.32. The van der Waals surface area contributed by atoms with Crippen LogP contribution in [0.4, 0.5) is 0 Å². The second-order valence-electron chi connectivity index (χ2n) is 3.18. The van der Waals surface area contributed by atoms with Crippen molar-refractivity contribution in [3.8, 4) is 0 Å². The summed E-state index contributed by atoms with van der Waals surface area (Å²) < 4.78 is 0. The monoisotopic (exact) mass is 174 g/mol. The second-order valence-corrected chi connectivity index (χ2v) is 3.18. The van der Waals surface area contributed by atoms with Crippen LogP contribution in [0.5, 0.6) is 0 Å². The molecule has 1 heterocycles. The highest BCUT2D eigenvalue weighted by molar-refractivity contribution is 5.79. The highest BCUT2D eigenvalue weighted by Crippen LogP contribution is 2.13. The Labute approximate surface area is 78.0 Å². The third-order valence-electron chi connectivity index (χ3n) is 2.20. The Bertz CT molecular complexity index is 390. The van der Waals surface area contributed by atoms with E-state index in [2.05, 4.69) is 41.5 Å². The molecule has 0 spiro atoms. The molecule has 0 aliphatic carbocycles. The molecule has 0 radical (unpaired) electrons. The second kappa shape index (κ2) is 3.62. The van der Waals surface area contributed by atoms with Crippen LogP contribution < -0.4 is 5.32 Å². The number of fused-ring (bicyclic) bond motifs is 1. The van der Waals surface area contributed by atoms with E-state index in [1.165, 1.54) is 16.5 Å². The smallest absolute Gasteiger partial charge is 0.0454 e. The molecule has 0 bridgehead atoms. The zero-order chi connectivity index (χ0) is 9.10. The predicted molar refractivity (Wildman–Crippen MR) is 55.7 cm³/mol. The third-order valence-corrected chi connectivity index (χ3v) is 2.20. The van der Waals surface area contributed by atoms with Crippen molar-refractivity contribution >= 4 is 10.9 Å². The van der Waals surface area contributed by atoms with E-state index in [4.69, 9.17) is 0 Å². The van der Waals surface area contributed by atoms with Crippen molar-refractivity contribution in [3.63, 3.8) is 0 Å². The molecule has 2 aromatic rings. The van der Waals surface area contributed by atoms with Gasteiger partial charge in [0.2, 0.25) is 0 Å². The molecule has 2 nitrogen and oxygen atoms in total. The largest absolute Gasteiger partial charge is 0.361 e. The molecule has 0 saturated heterocycles. The van der Waals surface area contributed by atoms with Gasteiger partial charge in [-0.15, -0.1) is 0 Å². The lowest BCUT2D eigenvalue weighted by molar-refractivity contribution is 0.727. The Balaban J connectivity index is 2.26. The third kappa shape index (κ3) is 1.73. The number of benzene rings is 1. The van der Waals surface area contributed by atoms with E-state index < -0.39 is 0 Å². The lowest BCUT2D eigenvalue weighted by Gasteiger charge is -2.01. The number of nitrogens with one attached hydrogen (secondary N) is 2. The SMILES string of the molecule is CCNCc1ccc2[nH]ccc2c1. The summed E-state index contributed by atoms with van der Waals surface area (Å²) in [5.41, 5.74) is 2.55. The normalized spacial score (nSPS) is 10.8. The van der Waals surface area contributed by atoms with Crippen molar-refractivity contribution in [2.24, 2.45) is 0 Å². The minimum absolute atomic E-state index is 0.956. The molecule has 0 amide bonds. The van der Waals surface area contributed by atoms with Crippen molar-refractivity contribution < 1.29 is 0 Å². The minimum Gasteiger partial charge on any atom is -0.361 e. The lowest BCUT2D eigenvalue weighted by Crippen LogP contribution is -2.11. The van der Waals surface area contributed by atoms with E-state index in [1.807, 2.05) is 6.20 Å². The first-order valence-electron chi connectivity index (χ1n) is 4.67. The van der Waals surface area contributed by atoms with Gasteiger partial charge >= 0.3 is 0 Å². The van der Waals surface area contributed by atoms with E-state index in [1.54, 1.807) is 0 Å². The maximum atomic E-state index is 3.31. The summed E-state index contributed by atoms with van der Waals surface area (Å²) in [6, 6.07) is 8.60. The van der Waals surface area contributed by atoms with E-state index in [0.29, 0.717) is 0 Å². The summed E-state index contributed by atoms with van der Waals surface area (Å²) in [7, 11) is 0. The Kier molecular flexibility index (Phi) is 2.32. The van der Waals surface area contributed by atoms with Gasteiger partial charge in [-0.05, 0) is 35.7 Å². The van der Waals surface area contributed by atoms with Crippen molar-refractivity contribution in [2.45, 2.75) is 13.5 Å². The van der Waals surface area contributed by atoms with E-state index >= 15 is 0 Å². The van der Waals surface area contributed by atoms with Crippen LogP contribution in [-0.4, -0.2) is 11.5 Å². The Morgan fingerprint density at radius 2 is 2.23 bits per heavy atom. The highest BCUT2D eigenvalue weighted by Gasteiger charge is 1.95. The lowest BCUT2D eigenvalue weighted by atomic mass is 10.1. The van der Waals surface area contributed by atoms with Crippen LogP contribution in [0, 0.1) is 0 Å². The summed E-state index contributed by atoms with van der Waals surface area (Å²) >= 11 is 0. The van der Waals surface area contributed by atoms with Crippen molar-refractivity contribution in [2.75, 3.05) is 6.54 Å². The molecule has 68 valence electrons. The number of rotatable bonds is 3. The average Bonchev–Trinajstić information content (AvgIpc) is 2.61. The molecule has 0 aliphatic heterocycles. The zero-order valence-corrected chi connectivity index (χ0v) is 7.80. The van der Waals surface area contributed by atoms with Crippen LogP contribution in [-0.2, 0) is 6.54 Å². The molecule has 0 saturated carbocycles. The highest BCUT2D eigenvalue weighted by atomic mass is 14.8. The van der Waals surface area contributed by atoms with Gasteiger partial charge in [0.1, 0.15) is 0 Å². The van der Waals surface area contributed by atoms with Crippen LogP contribution in [0.1, 0.15) is 12.5 Å². The number of H-pyrrole nitrogens is 1. The average molecular weight is 174 g/mol.